The number of likely N-dealkylation sites (tertiary alicyclic amines) is 1. The Kier molecular flexibility index (Phi) is 8.26. The van der Waals surface area contributed by atoms with E-state index in [1.807, 2.05) is 30.2 Å². The third-order valence-electron chi connectivity index (χ3n) is 10.1. The minimum absolute atomic E-state index is 0.0510. The molecule has 12 heteroatoms. The average Bonchev–Trinajstić information content (AvgIpc) is 3.77. The number of carbonyl (C=O) groups is 1. The molecule has 45 heavy (non-hydrogen) atoms. The first-order valence-electron chi connectivity index (χ1n) is 16.6. The van der Waals surface area contributed by atoms with Crippen molar-refractivity contribution < 1.29 is 9.90 Å². The number of benzene rings is 1. The van der Waals surface area contributed by atoms with E-state index >= 15 is 0 Å². The van der Waals surface area contributed by atoms with Crippen molar-refractivity contribution in [3.05, 3.63) is 58.5 Å². The van der Waals surface area contributed by atoms with Gasteiger partial charge in [-0.05, 0) is 81.6 Å². The molecule has 0 bridgehead atoms. The molecule has 1 saturated heterocycles. The number of H-pyrrole nitrogens is 1. The Morgan fingerprint density at radius 2 is 1.73 bits per heavy atom. The SMILES string of the molecule is CC1(NC2CCC(NC(=O)NC3Cc4ccc(C(=N)N5CC(O)C5)cc4C3)CC2)N=CC=C(Nc2cc(C3CCCC3)[nH]n2)N1. The molecule has 3 heterocycles. The molecule has 5 aliphatic rings. The van der Waals surface area contributed by atoms with Crippen LogP contribution in [0.1, 0.15) is 86.6 Å². The Morgan fingerprint density at radius 1 is 1.00 bits per heavy atom. The number of hydrogen-bond donors (Lipinski definition) is 8. The molecular formula is C33H46N10O2. The quantitative estimate of drug-likeness (QED) is 0.167. The highest BCUT2D eigenvalue weighted by molar-refractivity contribution is 5.97. The number of aliphatic imine (C=N–C) groups is 1. The second-order valence-corrected chi connectivity index (χ2v) is 13.7. The lowest BCUT2D eigenvalue weighted by molar-refractivity contribution is 0.0465. The number of aliphatic hydroxyl groups excluding tert-OH is 1. The molecule has 12 nitrogen and oxygen atoms in total. The number of rotatable bonds is 8. The van der Waals surface area contributed by atoms with E-state index in [2.05, 4.69) is 55.0 Å². The van der Waals surface area contributed by atoms with Gasteiger partial charge in [0.15, 0.2) is 11.6 Å². The van der Waals surface area contributed by atoms with Crippen LogP contribution in [0.4, 0.5) is 10.6 Å². The minimum Gasteiger partial charge on any atom is -0.389 e. The summed E-state index contributed by atoms with van der Waals surface area (Å²) in [6.07, 6.45) is 13.8. The van der Waals surface area contributed by atoms with Crippen molar-refractivity contribution >= 4 is 23.9 Å². The van der Waals surface area contributed by atoms with Gasteiger partial charge in [0.05, 0.1) is 6.10 Å². The number of urea groups is 1. The van der Waals surface area contributed by atoms with E-state index in [-0.39, 0.29) is 30.3 Å². The lowest BCUT2D eigenvalue weighted by atomic mass is 9.91. The number of hydrogen-bond acceptors (Lipinski definition) is 8. The average molecular weight is 615 g/mol. The predicted molar refractivity (Wildman–Crippen MR) is 174 cm³/mol. The molecule has 2 amide bonds. The Balaban J connectivity index is 0.834. The summed E-state index contributed by atoms with van der Waals surface area (Å²) in [5, 5.41) is 42.7. The second kappa shape index (κ2) is 12.5. The first kappa shape index (κ1) is 29.8. The van der Waals surface area contributed by atoms with Crippen LogP contribution in [-0.4, -0.2) is 81.4 Å². The maximum Gasteiger partial charge on any atom is 0.315 e. The van der Waals surface area contributed by atoms with Gasteiger partial charge in [-0.15, -0.1) is 0 Å². The van der Waals surface area contributed by atoms with Gasteiger partial charge in [-0.2, -0.15) is 5.10 Å². The minimum atomic E-state index is -0.629. The smallest absolute Gasteiger partial charge is 0.315 e. The molecule has 3 aliphatic carbocycles. The first-order chi connectivity index (χ1) is 21.8. The number of aliphatic hydroxyl groups is 1. The van der Waals surface area contributed by atoms with Crippen LogP contribution in [-0.2, 0) is 12.8 Å². The molecule has 2 aliphatic heterocycles. The normalized spacial score (nSPS) is 28.2. The van der Waals surface area contributed by atoms with Crippen LogP contribution in [0.15, 0.2) is 41.2 Å². The summed E-state index contributed by atoms with van der Waals surface area (Å²) in [5.74, 6) is 2.09. The number of carbonyl (C=O) groups excluding carboxylic acids is 1. The van der Waals surface area contributed by atoms with Crippen molar-refractivity contribution in [1.29, 1.82) is 5.41 Å². The fourth-order valence-electron chi connectivity index (χ4n) is 7.61. The van der Waals surface area contributed by atoms with E-state index in [0.717, 1.165) is 55.7 Å². The fourth-order valence-corrected chi connectivity index (χ4v) is 7.61. The highest BCUT2D eigenvalue weighted by atomic mass is 16.3. The van der Waals surface area contributed by atoms with Crippen molar-refractivity contribution in [2.24, 2.45) is 4.99 Å². The van der Waals surface area contributed by atoms with Gasteiger partial charge in [-0.25, -0.2) is 4.79 Å². The molecule has 7 rings (SSSR count). The molecule has 2 unspecified atom stereocenters. The second-order valence-electron chi connectivity index (χ2n) is 13.7. The summed E-state index contributed by atoms with van der Waals surface area (Å²) >= 11 is 0. The topological polar surface area (TPSA) is 166 Å². The van der Waals surface area contributed by atoms with Gasteiger partial charge < -0.3 is 31.3 Å². The molecule has 1 aromatic carbocycles. The number of fused-ring (bicyclic) bond motifs is 1. The Labute approximate surface area is 264 Å². The Morgan fingerprint density at radius 3 is 2.51 bits per heavy atom. The highest BCUT2D eigenvalue weighted by Gasteiger charge is 2.33. The zero-order valence-electron chi connectivity index (χ0n) is 26.0. The van der Waals surface area contributed by atoms with Crippen molar-refractivity contribution in [1.82, 2.24) is 36.4 Å². The maximum absolute atomic E-state index is 12.9. The summed E-state index contributed by atoms with van der Waals surface area (Å²) in [7, 11) is 0. The van der Waals surface area contributed by atoms with E-state index in [4.69, 9.17) is 10.4 Å². The first-order valence-corrected chi connectivity index (χ1v) is 16.6. The van der Waals surface area contributed by atoms with Crippen molar-refractivity contribution in [2.75, 3.05) is 18.4 Å². The van der Waals surface area contributed by atoms with Crippen molar-refractivity contribution in [2.45, 2.75) is 107 Å². The van der Waals surface area contributed by atoms with Gasteiger partial charge in [0.2, 0.25) is 0 Å². The van der Waals surface area contributed by atoms with Gasteiger partial charge in [0, 0.05) is 60.7 Å². The molecule has 8 N–H and O–H groups in total. The van der Waals surface area contributed by atoms with Crippen LogP contribution in [0.5, 0.6) is 0 Å². The lowest BCUT2D eigenvalue weighted by Gasteiger charge is -2.38. The molecule has 240 valence electrons. The summed E-state index contributed by atoms with van der Waals surface area (Å²) in [6.45, 7) is 3.09. The van der Waals surface area contributed by atoms with E-state index in [1.165, 1.54) is 42.5 Å². The Hall–Kier alpha value is -3.90. The molecular weight excluding hydrogens is 568 g/mol. The van der Waals surface area contributed by atoms with Gasteiger partial charge in [-0.3, -0.25) is 20.8 Å². The van der Waals surface area contributed by atoms with Gasteiger partial charge in [0.25, 0.3) is 0 Å². The molecule has 0 radical (unpaired) electrons. The third-order valence-corrected chi connectivity index (χ3v) is 10.1. The van der Waals surface area contributed by atoms with Crippen molar-refractivity contribution in [3.63, 3.8) is 0 Å². The van der Waals surface area contributed by atoms with Crippen LogP contribution >= 0.6 is 0 Å². The predicted octanol–water partition coefficient (Wildman–Crippen LogP) is 3.04. The standard InChI is InChI=1S/C33H46N10O2/c1-33(35-13-12-29(40-33)38-30-17-28(41-42-30)20-4-2-3-5-20)39-25-10-8-24(9-11-25)36-32(45)37-26-15-21-6-7-22(14-23(21)16-26)31(34)43-18-27(44)19-43/h6-7,12-14,17,20,24-27,34,39-40,44H,2-5,8-11,15-16,18-19H2,1H3,(H2,36,37,45)(H2,38,41,42). The number of amidine groups is 1. The number of allylic oxidation sites excluding steroid dienone is 1. The number of nitrogens with zero attached hydrogens (tertiary/aromatic N) is 3. The summed E-state index contributed by atoms with van der Waals surface area (Å²) < 4.78 is 0. The van der Waals surface area contributed by atoms with Crippen LogP contribution in [0.25, 0.3) is 0 Å². The van der Waals surface area contributed by atoms with Crippen LogP contribution < -0.4 is 26.6 Å². The van der Waals surface area contributed by atoms with E-state index < -0.39 is 5.79 Å². The Bertz CT molecular complexity index is 1470. The van der Waals surface area contributed by atoms with Gasteiger partial charge >= 0.3 is 6.03 Å². The van der Waals surface area contributed by atoms with E-state index in [0.29, 0.717) is 24.8 Å². The summed E-state index contributed by atoms with van der Waals surface area (Å²) in [5.41, 5.74) is 4.50. The number of nitrogens with one attached hydrogen (secondary N) is 7. The molecule has 0 spiro atoms. The maximum atomic E-state index is 12.9. The zero-order valence-corrected chi connectivity index (χ0v) is 26.0. The largest absolute Gasteiger partial charge is 0.389 e. The number of aromatic amines is 1. The molecule has 1 aromatic heterocycles. The number of anilines is 1. The third kappa shape index (κ3) is 6.86. The number of aromatic nitrogens is 2. The van der Waals surface area contributed by atoms with Crippen molar-refractivity contribution in [3.8, 4) is 0 Å². The molecule has 2 aromatic rings. The summed E-state index contributed by atoms with van der Waals surface area (Å²) in [4.78, 5) is 19.5. The van der Waals surface area contributed by atoms with E-state index in [1.54, 1.807) is 0 Å². The molecule has 2 atom stereocenters. The lowest BCUT2D eigenvalue weighted by Crippen LogP contribution is -2.59. The molecule has 2 saturated carbocycles. The van der Waals surface area contributed by atoms with Crippen LogP contribution in [0, 0.1) is 5.41 Å². The molecule has 3 fully saturated rings. The van der Waals surface area contributed by atoms with Crippen LogP contribution in [0.3, 0.4) is 0 Å². The zero-order chi connectivity index (χ0) is 31.0. The van der Waals surface area contributed by atoms with Crippen LogP contribution in [0.2, 0.25) is 0 Å². The van der Waals surface area contributed by atoms with Gasteiger partial charge in [0.1, 0.15) is 11.7 Å². The monoisotopic (exact) mass is 614 g/mol. The summed E-state index contributed by atoms with van der Waals surface area (Å²) in [6, 6.07) is 8.63. The number of amides is 2. The van der Waals surface area contributed by atoms with E-state index in [9.17, 15) is 9.90 Å². The fraction of sp³-hybridized carbons (Fsp3) is 0.576. The highest BCUT2D eigenvalue weighted by Crippen LogP contribution is 2.34. The van der Waals surface area contributed by atoms with Gasteiger partial charge in [-0.1, -0.05) is 25.0 Å². The number of β-amino-alcohol motifs (C(OH)–C–C–N with tert-alkyl or cyclic N) is 1.